The first-order valence-electron chi connectivity index (χ1n) is 7.94. The van der Waals surface area contributed by atoms with Crippen LogP contribution >= 0.6 is 23.4 Å². The van der Waals surface area contributed by atoms with Gasteiger partial charge in [-0.3, -0.25) is 4.79 Å². The van der Waals surface area contributed by atoms with Gasteiger partial charge in [0.1, 0.15) is 0 Å². The predicted octanol–water partition coefficient (Wildman–Crippen LogP) is 4.02. The van der Waals surface area contributed by atoms with Crippen molar-refractivity contribution in [2.24, 2.45) is 0 Å². The molecule has 0 bridgehead atoms. The number of thioether (sulfide) groups is 1. The van der Waals surface area contributed by atoms with Gasteiger partial charge in [-0.25, -0.2) is 4.79 Å². The van der Waals surface area contributed by atoms with Crippen molar-refractivity contribution in [3.8, 4) is 11.5 Å². The van der Waals surface area contributed by atoms with Crippen LogP contribution in [0.3, 0.4) is 0 Å². The van der Waals surface area contributed by atoms with E-state index in [0.717, 1.165) is 5.56 Å². The fourth-order valence-corrected chi connectivity index (χ4v) is 3.20. The van der Waals surface area contributed by atoms with Gasteiger partial charge >= 0.3 is 5.97 Å². The number of nitrogens with one attached hydrogen (secondary N) is 1. The number of hydrogen-bond acceptors (Lipinski definition) is 6. The Morgan fingerprint density at radius 2 is 1.67 bits per heavy atom. The summed E-state index contributed by atoms with van der Waals surface area (Å²) in [5, 5.41) is 3.40. The highest BCUT2D eigenvalue weighted by Gasteiger charge is 2.19. The summed E-state index contributed by atoms with van der Waals surface area (Å²) in [6, 6.07) is 10.5. The Balaban J connectivity index is 2.06. The van der Waals surface area contributed by atoms with E-state index in [1.807, 2.05) is 24.3 Å². The fraction of sp³-hybridized carbons (Fsp3) is 0.263. The molecule has 8 heteroatoms. The molecule has 0 saturated carbocycles. The molecule has 27 heavy (non-hydrogen) atoms. The molecule has 1 amide bonds. The van der Waals surface area contributed by atoms with Crippen LogP contribution < -0.4 is 14.8 Å². The number of carbonyl (C=O) groups excluding carboxylic acids is 2. The van der Waals surface area contributed by atoms with Crippen LogP contribution in [0.5, 0.6) is 11.5 Å². The Bertz CT molecular complexity index is 810. The van der Waals surface area contributed by atoms with Crippen LogP contribution in [0, 0.1) is 0 Å². The maximum atomic E-state index is 12.3. The van der Waals surface area contributed by atoms with Gasteiger partial charge in [0.15, 0.2) is 11.5 Å². The number of rotatable bonds is 8. The van der Waals surface area contributed by atoms with Crippen molar-refractivity contribution >= 4 is 40.9 Å². The number of benzene rings is 2. The Kier molecular flexibility index (Phi) is 7.82. The van der Waals surface area contributed by atoms with E-state index in [1.165, 1.54) is 45.2 Å². The number of carbonyl (C=O) groups is 2. The summed E-state index contributed by atoms with van der Waals surface area (Å²) in [7, 11) is 4.21. The second-order valence-electron chi connectivity index (χ2n) is 5.41. The second-order valence-corrected chi connectivity index (χ2v) is 6.83. The molecule has 0 heterocycles. The lowest BCUT2D eigenvalue weighted by Crippen LogP contribution is -2.17. The lowest BCUT2D eigenvalue weighted by atomic mass is 10.1. The molecule has 0 aliphatic rings. The summed E-state index contributed by atoms with van der Waals surface area (Å²) in [4.78, 5) is 24.3. The molecule has 0 spiro atoms. The van der Waals surface area contributed by atoms with E-state index in [2.05, 4.69) is 5.32 Å². The summed E-state index contributed by atoms with van der Waals surface area (Å²) in [6.45, 7) is 0. The Morgan fingerprint density at radius 3 is 2.26 bits per heavy atom. The van der Waals surface area contributed by atoms with Gasteiger partial charge in [0.05, 0.1) is 38.3 Å². The number of hydrogen-bond donors (Lipinski definition) is 1. The van der Waals surface area contributed by atoms with E-state index in [0.29, 0.717) is 28.0 Å². The lowest BCUT2D eigenvalue weighted by molar-refractivity contribution is -0.113. The predicted molar refractivity (Wildman–Crippen MR) is 107 cm³/mol. The first-order chi connectivity index (χ1) is 13.0. The molecule has 0 unspecified atom stereocenters. The number of esters is 1. The SMILES string of the molecule is COC(=O)c1cc(OC)c(OC)cc1NC(=O)CSCc1ccc(Cl)cc1. The highest BCUT2D eigenvalue weighted by molar-refractivity contribution is 7.99. The molecule has 0 aliphatic heterocycles. The molecule has 2 rings (SSSR count). The molecular weight excluding hydrogens is 390 g/mol. The van der Waals surface area contributed by atoms with Gasteiger partial charge < -0.3 is 19.5 Å². The van der Waals surface area contributed by atoms with Gasteiger partial charge in [0.25, 0.3) is 0 Å². The van der Waals surface area contributed by atoms with Crippen molar-refractivity contribution < 1.29 is 23.8 Å². The van der Waals surface area contributed by atoms with Gasteiger partial charge in [-0.1, -0.05) is 23.7 Å². The topological polar surface area (TPSA) is 73.9 Å². The van der Waals surface area contributed by atoms with Gasteiger partial charge in [-0.2, -0.15) is 0 Å². The zero-order chi connectivity index (χ0) is 19.8. The summed E-state index contributed by atoms with van der Waals surface area (Å²) in [6.07, 6.45) is 0. The molecule has 0 fully saturated rings. The van der Waals surface area contributed by atoms with Crippen LogP contribution in [0.15, 0.2) is 36.4 Å². The molecule has 0 radical (unpaired) electrons. The molecule has 0 aromatic heterocycles. The second kappa shape index (κ2) is 10.1. The third-order valence-corrected chi connectivity index (χ3v) is 4.87. The highest BCUT2D eigenvalue weighted by Crippen LogP contribution is 2.33. The Morgan fingerprint density at radius 1 is 1.04 bits per heavy atom. The average molecular weight is 410 g/mol. The third kappa shape index (κ3) is 5.80. The standard InChI is InChI=1S/C19H20ClNO5S/c1-24-16-8-14(19(23)26-3)15(9-17(16)25-2)21-18(22)11-27-10-12-4-6-13(20)7-5-12/h4-9H,10-11H2,1-3H3,(H,21,22). The maximum Gasteiger partial charge on any atom is 0.340 e. The van der Waals surface area contributed by atoms with E-state index in [9.17, 15) is 9.59 Å². The Hall–Kier alpha value is -2.38. The molecular formula is C19H20ClNO5S. The first-order valence-corrected chi connectivity index (χ1v) is 9.48. The summed E-state index contributed by atoms with van der Waals surface area (Å²) in [5.41, 5.74) is 1.56. The monoisotopic (exact) mass is 409 g/mol. The highest BCUT2D eigenvalue weighted by atomic mass is 35.5. The summed E-state index contributed by atoms with van der Waals surface area (Å²) in [5.74, 6) is 0.825. The first kappa shape index (κ1) is 20.9. The maximum absolute atomic E-state index is 12.3. The molecule has 2 aromatic rings. The van der Waals surface area contributed by atoms with Gasteiger partial charge in [0, 0.05) is 22.9 Å². The lowest BCUT2D eigenvalue weighted by Gasteiger charge is -2.14. The zero-order valence-electron chi connectivity index (χ0n) is 15.2. The van der Waals surface area contributed by atoms with Crippen molar-refractivity contribution in [3.05, 3.63) is 52.5 Å². The minimum atomic E-state index is -0.583. The summed E-state index contributed by atoms with van der Waals surface area (Å²) >= 11 is 7.31. The quantitative estimate of drug-likeness (QED) is 0.664. The molecule has 0 aliphatic carbocycles. The van der Waals surface area contributed by atoms with Crippen LogP contribution in [0.1, 0.15) is 15.9 Å². The molecule has 0 atom stereocenters. The molecule has 144 valence electrons. The van der Waals surface area contributed by atoms with E-state index in [-0.39, 0.29) is 17.2 Å². The number of ether oxygens (including phenoxy) is 3. The molecule has 1 N–H and O–H groups in total. The van der Waals surface area contributed by atoms with Gasteiger partial charge in [0.2, 0.25) is 5.91 Å². The van der Waals surface area contributed by atoms with E-state index in [4.69, 9.17) is 25.8 Å². The number of halogens is 1. The van der Waals surface area contributed by atoms with Crippen LogP contribution in [0.2, 0.25) is 5.02 Å². The van der Waals surface area contributed by atoms with Crippen LogP contribution in [-0.2, 0) is 15.3 Å². The van der Waals surface area contributed by atoms with Crippen LogP contribution in [0.25, 0.3) is 0 Å². The number of methoxy groups -OCH3 is 3. The van der Waals surface area contributed by atoms with Crippen molar-refractivity contribution in [2.45, 2.75) is 5.75 Å². The zero-order valence-corrected chi connectivity index (χ0v) is 16.8. The van der Waals surface area contributed by atoms with E-state index < -0.39 is 5.97 Å². The normalized spacial score (nSPS) is 10.2. The van der Waals surface area contributed by atoms with Crippen LogP contribution in [-0.4, -0.2) is 39.0 Å². The molecule has 2 aromatic carbocycles. The number of amides is 1. The minimum absolute atomic E-state index is 0.186. The van der Waals surface area contributed by atoms with Crippen molar-refractivity contribution in [1.82, 2.24) is 0 Å². The third-order valence-electron chi connectivity index (χ3n) is 3.62. The molecule has 6 nitrogen and oxygen atoms in total. The van der Waals surface area contributed by atoms with Gasteiger partial charge in [-0.15, -0.1) is 11.8 Å². The van der Waals surface area contributed by atoms with Crippen molar-refractivity contribution in [2.75, 3.05) is 32.4 Å². The largest absolute Gasteiger partial charge is 0.493 e. The fourth-order valence-electron chi connectivity index (χ4n) is 2.29. The van der Waals surface area contributed by atoms with Gasteiger partial charge in [-0.05, 0) is 17.7 Å². The van der Waals surface area contributed by atoms with Crippen molar-refractivity contribution in [3.63, 3.8) is 0 Å². The summed E-state index contributed by atoms with van der Waals surface area (Å²) < 4.78 is 15.2. The Labute approximate surface area is 167 Å². The van der Waals surface area contributed by atoms with E-state index in [1.54, 1.807) is 0 Å². The minimum Gasteiger partial charge on any atom is -0.493 e. The van der Waals surface area contributed by atoms with Crippen LogP contribution in [0.4, 0.5) is 5.69 Å². The van der Waals surface area contributed by atoms with E-state index >= 15 is 0 Å². The molecule has 0 saturated heterocycles. The number of anilines is 1. The van der Waals surface area contributed by atoms with Crippen molar-refractivity contribution in [1.29, 1.82) is 0 Å². The average Bonchev–Trinajstić information content (AvgIpc) is 2.68. The smallest absolute Gasteiger partial charge is 0.340 e.